The smallest absolute Gasteiger partial charge is 0.251 e. The Balaban J connectivity index is 3.02. The Labute approximate surface area is 72.5 Å². The second-order valence-electron chi connectivity index (χ2n) is 1.94. The lowest BCUT2D eigenvalue weighted by molar-refractivity contribution is 0.337. The van der Waals surface area contributed by atoms with E-state index in [9.17, 15) is 4.79 Å². The first-order valence-electron chi connectivity index (χ1n) is 3.25. The first-order valence-corrected chi connectivity index (χ1v) is 4.04. The molecule has 0 fully saturated rings. The molecule has 0 aromatic carbocycles. The molecule has 0 aliphatic rings. The molecule has 0 amide bonds. The molecule has 1 rings (SSSR count). The summed E-state index contributed by atoms with van der Waals surface area (Å²) >= 11 is 3.24. The number of pyridine rings is 1. The molecular formula is C7H8BrNO2. The van der Waals surface area contributed by atoms with E-state index < -0.39 is 0 Å². The van der Waals surface area contributed by atoms with Crippen molar-refractivity contribution >= 4 is 15.9 Å². The fraction of sp³-hybridized carbons (Fsp3) is 0.286. The van der Waals surface area contributed by atoms with E-state index in [0.29, 0.717) is 12.4 Å². The summed E-state index contributed by atoms with van der Waals surface area (Å²) in [5.41, 5.74) is -0.156. The van der Waals surface area contributed by atoms with Gasteiger partial charge in [0.25, 0.3) is 5.56 Å². The third kappa shape index (κ3) is 2.08. The molecule has 0 bridgehead atoms. The lowest BCUT2D eigenvalue weighted by Crippen LogP contribution is -2.04. The van der Waals surface area contributed by atoms with E-state index in [-0.39, 0.29) is 5.56 Å². The Morgan fingerprint density at radius 3 is 3.09 bits per heavy atom. The summed E-state index contributed by atoms with van der Waals surface area (Å²) in [7, 11) is 0. The molecule has 0 radical (unpaired) electrons. The van der Waals surface area contributed by atoms with Gasteiger partial charge in [0.15, 0.2) is 0 Å². The third-order valence-corrected chi connectivity index (χ3v) is 1.76. The highest BCUT2D eigenvalue weighted by molar-refractivity contribution is 9.10. The van der Waals surface area contributed by atoms with Gasteiger partial charge in [0.1, 0.15) is 5.75 Å². The largest absolute Gasteiger partial charge is 0.492 e. The maximum atomic E-state index is 10.8. The van der Waals surface area contributed by atoms with Gasteiger partial charge < -0.3 is 9.72 Å². The van der Waals surface area contributed by atoms with Gasteiger partial charge in [-0.25, -0.2) is 0 Å². The quantitative estimate of drug-likeness (QED) is 0.817. The van der Waals surface area contributed by atoms with E-state index in [4.69, 9.17) is 4.74 Å². The lowest BCUT2D eigenvalue weighted by atomic mass is 10.4. The van der Waals surface area contributed by atoms with Gasteiger partial charge in [-0.15, -0.1) is 0 Å². The van der Waals surface area contributed by atoms with Crippen LogP contribution in [-0.2, 0) is 0 Å². The lowest BCUT2D eigenvalue weighted by Gasteiger charge is -2.02. The van der Waals surface area contributed by atoms with Gasteiger partial charge in [-0.2, -0.15) is 0 Å². The zero-order valence-corrected chi connectivity index (χ0v) is 7.64. The van der Waals surface area contributed by atoms with Gasteiger partial charge in [0, 0.05) is 12.3 Å². The van der Waals surface area contributed by atoms with Crippen molar-refractivity contribution in [3.8, 4) is 5.75 Å². The van der Waals surface area contributed by atoms with Gasteiger partial charge in [-0.3, -0.25) is 4.79 Å². The summed E-state index contributed by atoms with van der Waals surface area (Å²) < 4.78 is 5.91. The fourth-order valence-corrected chi connectivity index (χ4v) is 1.04. The van der Waals surface area contributed by atoms with E-state index in [2.05, 4.69) is 20.9 Å². The zero-order valence-electron chi connectivity index (χ0n) is 6.06. The Hall–Kier alpha value is -0.770. The molecule has 4 heteroatoms. The highest BCUT2D eigenvalue weighted by atomic mass is 79.9. The molecule has 0 aliphatic heterocycles. The van der Waals surface area contributed by atoms with Crippen LogP contribution in [0.25, 0.3) is 0 Å². The normalized spacial score (nSPS) is 9.64. The van der Waals surface area contributed by atoms with Crippen LogP contribution in [0.3, 0.4) is 0 Å². The number of rotatable bonds is 2. The Morgan fingerprint density at radius 2 is 2.45 bits per heavy atom. The SMILES string of the molecule is CCOc1cc(=O)[nH]cc1Br. The van der Waals surface area contributed by atoms with Crippen molar-refractivity contribution in [2.45, 2.75) is 6.92 Å². The van der Waals surface area contributed by atoms with Crippen LogP contribution in [0.2, 0.25) is 0 Å². The Kier molecular flexibility index (Phi) is 2.70. The van der Waals surface area contributed by atoms with E-state index >= 15 is 0 Å². The number of hydrogen-bond donors (Lipinski definition) is 1. The van der Waals surface area contributed by atoms with Crippen LogP contribution in [0.1, 0.15) is 6.92 Å². The van der Waals surface area contributed by atoms with Crippen molar-refractivity contribution in [2.75, 3.05) is 6.61 Å². The molecule has 11 heavy (non-hydrogen) atoms. The fourth-order valence-electron chi connectivity index (χ4n) is 0.701. The van der Waals surface area contributed by atoms with Crippen molar-refractivity contribution < 1.29 is 4.74 Å². The summed E-state index contributed by atoms with van der Waals surface area (Å²) in [4.78, 5) is 13.3. The molecule has 1 heterocycles. The highest BCUT2D eigenvalue weighted by Crippen LogP contribution is 2.20. The standard InChI is InChI=1S/C7H8BrNO2/c1-2-11-6-3-7(10)9-4-5(6)8/h3-4H,2H2,1H3,(H,9,10). The number of halogens is 1. The minimum atomic E-state index is -0.156. The van der Waals surface area contributed by atoms with E-state index in [0.717, 1.165) is 4.47 Å². The molecule has 1 aromatic rings. The number of hydrogen-bond acceptors (Lipinski definition) is 2. The molecule has 1 aromatic heterocycles. The van der Waals surface area contributed by atoms with Crippen LogP contribution < -0.4 is 10.3 Å². The van der Waals surface area contributed by atoms with Gasteiger partial charge in [-0.1, -0.05) is 0 Å². The molecule has 0 atom stereocenters. The van der Waals surface area contributed by atoms with Crippen LogP contribution >= 0.6 is 15.9 Å². The van der Waals surface area contributed by atoms with Crippen LogP contribution in [0.5, 0.6) is 5.75 Å². The summed E-state index contributed by atoms with van der Waals surface area (Å²) in [6, 6.07) is 1.41. The molecule has 0 unspecified atom stereocenters. The summed E-state index contributed by atoms with van der Waals surface area (Å²) in [5.74, 6) is 0.580. The molecule has 1 N–H and O–H groups in total. The second-order valence-corrected chi connectivity index (χ2v) is 2.80. The van der Waals surface area contributed by atoms with Gasteiger partial charge in [-0.05, 0) is 22.9 Å². The predicted molar refractivity (Wildman–Crippen MR) is 45.9 cm³/mol. The summed E-state index contributed by atoms with van der Waals surface area (Å²) in [6.07, 6.45) is 1.56. The number of aromatic amines is 1. The van der Waals surface area contributed by atoms with Crippen LogP contribution in [0.4, 0.5) is 0 Å². The Bertz CT molecular complexity index is 295. The van der Waals surface area contributed by atoms with Gasteiger partial charge in [0.2, 0.25) is 0 Å². The van der Waals surface area contributed by atoms with Crippen molar-refractivity contribution in [3.05, 3.63) is 27.1 Å². The highest BCUT2D eigenvalue weighted by Gasteiger charge is 1.98. The Morgan fingerprint density at radius 1 is 1.73 bits per heavy atom. The molecule has 0 saturated heterocycles. The van der Waals surface area contributed by atoms with Gasteiger partial charge >= 0.3 is 0 Å². The molecule has 60 valence electrons. The first-order chi connectivity index (χ1) is 5.24. The maximum absolute atomic E-state index is 10.8. The predicted octanol–water partition coefficient (Wildman–Crippen LogP) is 1.54. The topological polar surface area (TPSA) is 42.1 Å². The average molecular weight is 218 g/mol. The number of ether oxygens (including phenoxy) is 1. The number of H-pyrrole nitrogens is 1. The summed E-state index contributed by atoms with van der Waals surface area (Å²) in [5, 5.41) is 0. The van der Waals surface area contributed by atoms with Crippen LogP contribution in [0, 0.1) is 0 Å². The van der Waals surface area contributed by atoms with Crippen molar-refractivity contribution in [2.24, 2.45) is 0 Å². The minimum Gasteiger partial charge on any atom is -0.492 e. The first kappa shape index (κ1) is 8.33. The monoisotopic (exact) mass is 217 g/mol. The van der Waals surface area contributed by atoms with Gasteiger partial charge in [0.05, 0.1) is 11.1 Å². The average Bonchev–Trinajstić information content (AvgIpc) is 1.98. The zero-order chi connectivity index (χ0) is 8.27. The molecule has 0 spiro atoms. The maximum Gasteiger partial charge on any atom is 0.251 e. The summed E-state index contributed by atoms with van der Waals surface area (Å²) in [6.45, 7) is 2.43. The molecule has 3 nitrogen and oxygen atoms in total. The minimum absolute atomic E-state index is 0.156. The second kappa shape index (κ2) is 3.57. The number of nitrogens with one attached hydrogen (secondary N) is 1. The molecule has 0 saturated carbocycles. The van der Waals surface area contributed by atoms with Crippen molar-refractivity contribution in [1.82, 2.24) is 4.98 Å². The van der Waals surface area contributed by atoms with E-state index in [1.807, 2.05) is 6.92 Å². The van der Waals surface area contributed by atoms with Crippen LogP contribution in [0.15, 0.2) is 21.5 Å². The van der Waals surface area contributed by atoms with Crippen molar-refractivity contribution in [3.63, 3.8) is 0 Å². The molecule has 0 aliphatic carbocycles. The van der Waals surface area contributed by atoms with E-state index in [1.54, 1.807) is 6.20 Å². The third-order valence-electron chi connectivity index (χ3n) is 1.14. The van der Waals surface area contributed by atoms with Crippen molar-refractivity contribution in [1.29, 1.82) is 0 Å². The number of aromatic nitrogens is 1. The molecular weight excluding hydrogens is 210 g/mol. The van der Waals surface area contributed by atoms with Crippen LogP contribution in [-0.4, -0.2) is 11.6 Å². The van der Waals surface area contributed by atoms with E-state index in [1.165, 1.54) is 6.07 Å².